The zero-order chi connectivity index (χ0) is 19.3. The molecule has 0 spiro atoms. The normalized spacial score (nSPS) is 11.1. The quantitative estimate of drug-likeness (QED) is 0.852. The van der Waals surface area contributed by atoms with Gasteiger partial charge in [0.05, 0.1) is 16.3 Å². The lowest BCUT2D eigenvalue weighted by Crippen LogP contribution is -2.36. The van der Waals surface area contributed by atoms with Crippen molar-refractivity contribution in [3.8, 4) is 0 Å². The predicted octanol–water partition coefficient (Wildman–Crippen LogP) is 3.74. The van der Waals surface area contributed by atoms with Crippen LogP contribution in [-0.2, 0) is 22.3 Å². The highest BCUT2D eigenvalue weighted by Gasteiger charge is 2.31. The van der Waals surface area contributed by atoms with Crippen molar-refractivity contribution in [2.45, 2.75) is 19.6 Å². The number of benzene rings is 1. The van der Waals surface area contributed by atoms with E-state index in [0.29, 0.717) is 0 Å². The van der Waals surface area contributed by atoms with Crippen molar-refractivity contribution in [3.05, 3.63) is 58.9 Å². The number of amides is 2. The molecule has 9 heteroatoms. The summed E-state index contributed by atoms with van der Waals surface area (Å²) in [6, 6.07) is 6.01. The lowest BCUT2D eigenvalue weighted by atomic mass is 10.2. The summed E-state index contributed by atoms with van der Waals surface area (Å²) in [5.74, 6) is -1.01. The lowest BCUT2D eigenvalue weighted by molar-refractivity contribution is -0.137. The van der Waals surface area contributed by atoms with Crippen LogP contribution >= 0.6 is 11.6 Å². The maximum absolute atomic E-state index is 12.8. The minimum atomic E-state index is -4.56. The van der Waals surface area contributed by atoms with Crippen molar-refractivity contribution in [1.29, 1.82) is 0 Å². The van der Waals surface area contributed by atoms with E-state index in [4.69, 9.17) is 11.6 Å². The number of aromatic nitrogens is 1. The molecule has 5 nitrogen and oxygen atoms in total. The van der Waals surface area contributed by atoms with E-state index in [0.717, 1.165) is 23.8 Å². The summed E-state index contributed by atoms with van der Waals surface area (Å²) >= 11 is 5.85. The number of carbonyl (C=O) groups excluding carboxylic acids is 2. The number of halogens is 4. The Morgan fingerprint density at radius 1 is 1.19 bits per heavy atom. The number of hydrogen-bond donors (Lipinski definition) is 1. The molecule has 2 aromatic rings. The van der Waals surface area contributed by atoms with E-state index in [9.17, 15) is 22.8 Å². The van der Waals surface area contributed by atoms with E-state index in [1.54, 1.807) is 24.5 Å². The van der Waals surface area contributed by atoms with E-state index in [1.165, 1.54) is 11.8 Å². The first-order valence-electron chi connectivity index (χ1n) is 7.48. The van der Waals surface area contributed by atoms with Gasteiger partial charge >= 0.3 is 6.18 Å². The van der Waals surface area contributed by atoms with Gasteiger partial charge in [-0.1, -0.05) is 11.6 Å². The van der Waals surface area contributed by atoms with Crippen molar-refractivity contribution < 1.29 is 22.8 Å². The van der Waals surface area contributed by atoms with Crippen molar-refractivity contribution in [2.24, 2.45) is 0 Å². The molecule has 0 aliphatic heterocycles. The highest BCUT2D eigenvalue weighted by atomic mass is 35.5. The fourth-order valence-corrected chi connectivity index (χ4v) is 2.31. The topological polar surface area (TPSA) is 62.3 Å². The zero-order valence-electron chi connectivity index (χ0n) is 13.7. The summed E-state index contributed by atoms with van der Waals surface area (Å²) in [5.41, 5.74) is -0.337. The second-order valence-corrected chi connectivity index (χ2v) is 5.88. The van der Waals surface area contributed by atoms with E-state index in [1.807, 2.05) is 0 Å². The maximum atomic E-state index is 12.8. The van der Waals surface area contributed by atoms with Crippen LogP contribution in [0.2, 0.25) is 5.02 Å². The third-order valence-electron chi connectivity index (χ3n) is 3.47. The molecule has 1 aromatic heterocycles. The van der Waals surface area contributed by atoms with Gasteiger partial charge < -0.3 is 10.2 Å². The number of pyridine rings is 1. The predicted molar refractivity (Wildman–Crippen MR) is 90.4 cm³/mol. The van der Waals surface area contributed by atoms with Gasteiger partial charge in [0.25, 0.3) is 0 Å². The van der Waals surface area contributed by atoms with Crippen molar-refractivity contribution >= 4 is 29.1 Å². The van der Waals surface area contributed by atoms with Gasteiger partial charge in [0.2, 0.25) is 11.8 Å². The van der Waals surface area contributed by atoms with Gasteiger partial charge in [-0.25, -0.2) is 0 Å². The van der Waals surface area contributed by atoms with Crippen LogP contribution < -0.4 is 5.32 Å². The Bertz CT molecular complexity index is 798. The average molecular weight is 386 g/mol. The molecule has 2 rings (SSSR count). The average Bonchev–Trinajstić information content (AvgIpc) is 2.56. The molecule has 0 saturated heterocycles. The van der Waals surface area contributed by atoms with Crippen LogP contribution in [0.15, 0.2) is 42.7 Å². The van der Waals surface area contributed by atoms with Crippen LogP contribution in [0.1, 0.15) is 18.1 Å². The van der Waals surface area contributed by atoms with Crippen LogP contribution in [0.5, 0.6) is 0 Å². The molecular formula is C17H15ClF3N3O2. The summed E-state index contributed by atoms with van der Waals surface area (Å²) in [4.78, 5) is 29.0. The standard InChI is InChI=1S/C17H15ClF3N3O2/c1-11(25)24(9-12-4-6-22-7-5-12)10-16(26)23-15-8-13(17(19,20)21)2-3-14(15)18/h2-8H,9-10H2,1H3,(H,23,26). The van der Waals surface area contributed by atoms with Crippen molar-refractivity contribution in [1.82, 2.24) is 9.88 Å². The Balaban J connectivity index is 2.10. The van der Waals surface area contributed by atoms with Gasteiger partial charge in [-0.3, -0.25) is 14.6 Å². The van der Waals surface area contributed by atoms with Crippen molar-refractivity contribution in [2.75, 3.05) is 11.9 Å². The van der Waals surface area contributed by atoms with Crippen molar-refractivity contribution in [3.63, 3.8) is 0 Å². The zero-order valence-corrected chi connectivity index (χ0v) is 14.4. The van der Waals surface area contributed by atoms with Gasteiger partial charge in [0, 0.05) is 25.9 Å². The van der Waals surface area contributed by atoms with Crippen LogP contribution in [0.3, 0.4) is 0 Å². The monoisotopic (exact) mass is 385 g/mol. The first kappa shape index (κ1) is 19.7. The Morgan fingerprint density at radius 2 is 1.85 bits per heavy atom. The van der Waals surface area contributed by atoms with Crippen LogP contribution in [0, 0.1) is 0 Å². The molecule has 0 aliphatic carbocycles. The highest BCUT2D eigenvalue weighted by molar-refractivity contribution is 6.33. The van der Waals surface area contributed by atoms with Gasteiger partial charge in [-0.15, -0.1) is 0 Å². The smallest absolute Gasteiger partial charge is 0.329 e. The summed E-state index contributed by atoms with van der Waals surface area (Å²) in [6.45, 7) is 1.14. The molecule has 0 aliphatic rings. The summed E-state index contributed by atoms with van der Waals surface area (Å²) < 4.78 is 38.3. The van der Waals surface area contributed by atoms with Crippen LogP contribution in [-0.4, -0.2) is 28.2 Å². The Labute approximate surface area is 152 Å². The molecule has 0 saturated carbocycles. The Kier molecular flexibility index (Phi) is 6.20. The van der Waals surface area contributed by atoms with Gasteiger partial charge in [0.1, 0.15) is 6.54 Å². The second-order valence-electron chi connectivity index (χ2n) is 5.47. The number of carbonyl (C=O) groups is 2. The number of nitrogens with zero attached hydrogens (tertiary/aromatic N) is 2. The molecular weight excluding hydrogens is 371 g/mol. The number of nitrogens with one attached hydrogen (secondary N) is 1. The van der Waals surface area contributed by atoms with E-state index < -0.39 is 17.6 Å². The Hall–Kier alpha value is -2.61. The molecule has 138 valence electrons. The molecule has 0 fully saturated rings. The van der Waals surface area contributed by atoms with Gasteiger partial charge in [0.15, 0.2) is 0 Å². The second kappa shape index (κ2) is 8.18. The minimum Gasteiger partial charge on any atom is -0.329 e. The van der Waals surface area contributed by atoms with Crippen LogP contribution in [0.4, 0.5) is 18.9 Å². The van der Waals surface area contributed by atoms with Gasteiger partial charge in [-0.2, -0.15) is 13.2 Å². The molecule has 0 atom stereocenters. The SMILES string of the molecule is CC(=O)N(CC(=O)Nc1cc(C(F)(F)F)ccc1Cl)Cc1ccncc1. The molecule has 2 amide bonds. The third kappa shape index (κ3) is 5.45. The minimum absolute atomic E-state index is 0.0325. The number of alkyl halides is 3. The lowest BCUT2D eigenvalue weighted by Gasteiger charge is -2.21. The molecule has 0 unspecified atom stereocenters. The summed E-state index contributed by atoms with van der Waals surface area (Å²) in [5, 5.41) is 2.28. The van der Waals surface area contributed by atoms with E-state index >= 15 is 0 Å². The van der Waals surface area contributed by atoms with E-state index in [-0.39, 0.29) is 29.7 Å². The molecule has 1 heterocycles. The van der Waals surface area contributed by atoms with Crippen LogP contribution in [0.25, 0.3) is 0 Å². The Morgan fingerprint density at radius 3 is 2.42 bits per heavy atom. The number of rotatable bonds is 5. The van der Waals surface area contributed by atoms with Gasteiger partial charge in [-0.05, 0) is 35.9 Å². The molecule has 1 aromatic carbocycles. The summed E-state index contributed by atoms with van der Waals surface area (Å²) in [6.07, 6.45) is -1.46. The fourth-order valence-electron chi connectivity index (χ4n) is 2.15. The highest BCUT2D eigenvalue weighted by Crippen LogP contribution is 2.33. The number of anilines is 1. The largest absolute Gasteiger partial charge is 0.416 e. The first-order chi connectivity index (χ1) is 12.2. The first-order valence-corrected chi connectivity index (χ1v) is 7.85. The third-order valence-corrected chi connectivity index (χ3v) is 3.80. The van der Waals surface area contributed by atoms with E-state index in [2.05, 4.69) is 10.3 Å². The molecule has 0 bridgehead atoms. The number of hydrogen-bond acceptors (Lipinski definition) is 3. The maximum Gasteiger partial charge on any atom is 0.416 e. The fraction of sp³-hybridized carbons (Fsp3) is 0.235. The molecule has 1 N–H and O–H groups in total. The molecule has 0 radical (unpaired) electrons. The summed E-state index contributed by atoms with van der Waals surface area (Å²) in [7, 11) is 0. The molecule has 26 heavy (non-hydrogen) atoms.